The van der Waals surface area contributed by atoms with Crippen molar-refractivity contribution in [3.8, 4) is 0 Å². The molecule has 2 bridgehead atoms. The summed E-state index contributed by atoms with van der Waals surface area (Å²) in [5, 5.41) is 0.809. The van der Waals surface area contributed by atoms with Crippen LogP contribution < -0.4 is 5.73 Å². The number of hydrogen-bond acceptors (Lipinski definition) is 2. The van der Waals surface area contributed by atoms with E-state index in [2.05, 4.69) is 17.0 Å². The van der Waals surface area contributed by atoms with Gasteiger partial charge in [0.15, 0.2) is 0 Å². The molecule has 98 valence electrons. The van der Waals surface area contributed by atoms with Gasteiger partial charge in [-0.3, -0.25) is 0 Å². The fourth-order valence-corrected chi connectivity index (χ4v) is 3.86. The maximum absolute atomic E-state index is 6.05. The number of halogens is 1. The normalized spacial score (nSPS) is 32.4. The quantitative estimate of drug-likeness (QED) is 0.910. The van der Waals surface area contributed by atoms with Crippen molar-refractivity contribution in [3.63, 3.8) is 0 Å². The Morgan fingerprint density at radius 2 is 1.89 bits per heavy atom. The van der Waals surface area contributed by atoms with E-state index in [1.165, 1.54) is 38.0 Å². The Hall–Kier alpha value is -0.570. The first-order valence-electron chi connectivity index (χ1n) is 6.96. The molecule has 3 heterocycles. The molecule has 0 radical (unpaired) electrons. The van der Waals surface area contributed by atoms with E-state index < -0.39 is 0 Å². The first kappa shape index (κ1) is 12.5. The van der Waals surface area contributed by atoms with Gasteiger partial charge in [0.2, 0.25) is 0 Å². The van der Waals surface area contributed by atoms with Crippen LogP contribution in [-0.2, 0) is 0 Å². The molecule has 0 amide bonds. The van der Waals surface area contributed by atoms with E-state index in [4.69, 9.17) is 17.3 Å². The van der Waals surface area contributed by atoms with E-state index in [9.17, 15) is 0 Å². The highest BCUT2D eigenvalue weighted by molar-refractivity contribution is 6.30. The number of hydrogen-bond donors (Lipinski definition) is 1. The second-order valence-electron chi connectivity index (χ2n) is 5.70. The van der Waals surface area contributed by atoms with Crippen molar-refractivity contribution in [3.05, 3.63) is 34.9 Å². The van der Waals surface area contributed by atoms with Gasteiger partial charge in [-0.2, -0.15) is 0 Å². The van der Waals surface area contributed by atoms with Crippen molar-refractivity contribution in [1.82, 2.24) is 4.90 Å². The lowest BCUT2D eigenvalue weighted by Crippen LogP contribution is -2.50. The summed E-state index contributed by atoms with van der Waals surface area (Å²) < 4.78 is 0. The molecule has 0 aliphatic carbocycles. The van der Waals surface area contributed by atoms with Crippen molar-refractivity contribution in [1.29, 1.82) is 0 Å². The van der Waals surface area contributed by atoms with Crippen molar-refractivity contribution in [2.24, 2.45) is 17.6 Å². The highest BCUT2D eigenvalue weighted by atomic mass is 35.5. The molecule has 2 atom stereocenters. The highest BCUT2D eigenvalue weighted by Gasteiger charge is 2.38. The minimum absolute atomic E-state index is 0.496. The van der Waals surface area contributed by atoms with Crippen molar-refractivity contribution >= 4 is 11.6 Å². The zero-order valence-corrected chi connectivity index (χ0v) is 11.4. The van der Waals surface area contributed by atoms with Crippen LogP contribution >= 0.6 is 11.6 Å². The second-order valence-corrected chi connectivity index (χ2v) is 6.13. The molecule has 3 fully saturated rings. The van der Waals surface area contributed by atoms with Crippen molar-refractivity contribution in [2.45, 2.75) is 18.8 Å². The third-order valence-corrected chi connectivity index (χ3v) is 5.03. The molecule has 3 heteroatoms. The molecule has 3 aliphatic heterocycles. The van der Waals surface area contributed by atoms with Gasteiger partial charge < -0.3 is 10.6 Å². The van der Waals surface area contributed by atoms with E-state index in [-0.39, 0.29) is 0 Å². The Kier molecular flexibility index (Phi) is 3.60. The van der Waals surface area contributed by atoms with Gasteiger partial charge in [-0.1, -0.05) is 23.7 Å². The van der Waals surface area contributed by atoms with Crippen LogP contribution in [0, 0.1) is 11.8 Å². The van der Waals surface area contributed by atoms with Gasteiger partial charge in [-0.05, 0) is 62.0 Å². The molecule has 1 aromatic carbocycles. The van der Waals surface area contributed by atoms with Gasteiger partial charge in [0.1, 0.15) is 0 Å². The molecule has 2 nitrogen and oxygen atoms in total. The summed E-state index contributed by atoms with van der Waals surface area (Å²) in [5.74, 6) is 2.10. The lowest BCUT2D eigenvalue weighted by atomic mass is 9.70. The van der Waals surface area contributed by atoms with E-state index in [1.807, 2.05) is 12.1 Å². The highest BCUT2D eigenvalue weighted by Crippen LogP contribution is 2.40. The van der Waals surface area contributed by atoms with Crippen LogP contribution in [0.2, 0.25) is 5.02 Å². The Morgan fingerprint density at radius 3 is 2.39 bits per heavy atom. The molecule has 0 spiro atoms. The Bertz CT molecular complexity index is 395. The van der Waals surface area contributed by atoms with Crippen LogP contribution in [0.5, 0.6) is 0 Å². The summed E-state index contributed by atoms with van der Waals surface area (Å²) in [7, 11) is 0. The number of fused-ring (bicyclic) bond motifs is 3. The van der Waals surface area contributed by atoms with Gasteiger partial charge >= 0.3 is 0 Å². The van der Waals surface area contributed by atoms with Crippen molar-refractivity contribution in [2.75, 3.05) is 26.2 Å². The van der Waals surface area contributed by atoms with Gasteiger partial charge in [-0.15, -0.1) is 0 Å². The average Bonchev–Trinajstić information content (AvgIpc) is 2.43. The number of nitrogens with two attached hydrogens (primary N) is 1. The van der Waals surface area contributed by atoms with Crippen LogP contribution in [0.1, 0.15) is 24.3 Å². The largest absolute Gasteiger partial charge is 0.330 e. The third-order valence-electron chi connectivity index (χ3n) is 4.78. The Balaban J connectivity index is 1.81. The maximum atomic E-state index is 6.05. The minimum atomic E-state index is 0.496. The molecule has 3 aliphatic rings. The smallest absolute Gasteiger partial charge is 0.0406 e. The zero-order chi connectivity index (χ0) is 12.5. The molecule has 3 saturated heterocycles. The fourth-order valence-electron chi connectivity index (χ4n) is 3.73. The maximum Gasteiger partial charge on any atom is 0.0406 e. The Labute approximate surface area is 114 Å². The van der Waals surface area contributed by atoms with E-state index in [1.54, 1.807) is 0 Å². The molecule has 0 saturated carbocycles. The van der Waals surface area contributed by atoms with Crippen LogP contribution in [0.3, 0.4) is 0 Å². The van der Waals surface area contributed by atoms with Gasteiger partial charge in [0.05, 0.1) is 0 Å². The number of nitrogens with zero attached hydrogens (tertiary/aromatic N) is 1. The molecule has 2 N–H and O–H groups in total. The number of benzene rings is 1. The summed E-state index contributed by atoms with van der Waals surface area (Å²) in [6.07, 6.45) is 2.71. The molecule has 4 rings (SSSR count). The van der Waals surface area contributed by atoms with Crippen LogP contribution in [-0.4, -0.2) is 31.1 Å². The molecule has 2 unspecified atom stereocenters. The van der Waals surface area contributed by atoms with Gasteiger partial charge in [-0.25, -0.2) is 0 Å². The third kappa shape index (κ3) is 2.29. The first-order valence-corrected chi connectivity index (χ1v) is 7.33. The first-order chi connectivity index (χ1) is 8.78. The van der Waals surface area contributed by atoms with E-state index in [0.717, 1.165) is 23.4 Å². The van der Waals surface area contributed by atoms with Gasteiger partial charge in [0.25, 0.3) is 0 Å². The standard InChI is InChI=1S/C15H21ClN2/c16-13-3-1-11(2-4-13)14(9-17)15-10-18-7-5-12(15)6-8-18/h1-4,12,14-15H,5-10,17H2. The Morgan fingerprint density at radius 1 is 1.22 bits per heavy atom. The lowest BCUT2D eigenvalue weighted by Gasteiger charge is -2.47. The SMILES string of the molecule is NCC(c1ccc(Cl)cc1)C1CN2CCC1CC2. The summed E-state index contributed by atoms with van der Waals surface area (Å²) in [6.45, 7) is 4.56. The van der Waals surface area contributed by atoms with E-state index in [0.29, 0.717) is 5.92 Å². The summed E-state index contributed by atoms with van der Waals surface area (Å²) in [4.78, 5) is 2.60. The van der Waals surface area contributed by atoms with Gasteiger partial charge in [0, 0.05) is 17.5 Å². The van der Waals surface area contributed by atoms with Crippen molar-refractivity contribution < 1.29 is 0 Å². The van der Waals surface area contributed by atoms with Crippen LogP contribution in [0.15, 0.2) is 24.3 Å². The minimum Gasteiger partial charge on any atom is -0.330 e. The van der Waals surface area contributed by atoms with Crippen LogP contribution in [0.25, 0.3) is 0 Å². The zero-order valence-electron chi connectivity index (χ0n) is 10.7. The molecule has 1 aromatic rings. The monoisotopic (exact) mass is 264 g/mol. The molecular formula is C15H21ClN2. The van der Waals surface area contributed by atoms with E-state index >= 15 is 0 Å². The number of rotatable bonds is 3. The average molecular weight is 265 g/mol. The molecule has 18 heavy (non-hydrogen) atoms. The predicted octanol–water partition coefficient (Wildman–Crippen LogP) is 2.72. The molecule has 0 aromatic heterocycles. The number of piperidine rings is 3. The second kappa shape index (κ2) is 5.20. The topological polar surface area (TPSA) is 29.3 Å². The van der Waals surface area contributed by atoms with Crippen LogP contribution in [0.4, 0.5) is 0 Å². The molecular weight excluding hydrogens is 244 g/mol. The predicted molar refractivity (Wildman–Crippen MR) is 75.9 cm³/mol. The fraction of sp³-hybridized carbons (Fsp3) is 0.600. The summed E-state index contributed by atoms with van der Waals surface area (Å²) in [6, 6.07) is 8.27. The summed E-state index contributed by atoms with van der Waals surface area (Å²) >= 11 is 5.97. The lowest BCUT2D eigenvalue weighted by molar-refractivity contribution is 0.0379. The summed E-state index contributed by atoms with van der Waals surface area (Å²) in [5.41, 5.74) is 7.42.